The fraction of sp³-hybridized carbons (Fsp3) is 0.429. The molecule has 15 nitrogen and oxygen atoms in total. The molecule has 320 valence electrons. The summed E-state index contributed by atoms with van der Waals surface area (Å²) >= 11 is 0. The largest absolute Gasteiger partial charge is 0.475 e. The molecular formula is C42H47O15P3. The number of phosphoric ester groups is 3. The maximum atomic E-state index is 14.9. The van der Waals surface area contributed by atoms with Gasteiger partial charge >= 0.3 is 23.5 Å². The lowest BCUT2D eigenvalue weighted by molar-refractivity contribution is -0.202. The average Bonchev–Trinajstić information content (AvgIpc) is 3.42. The van der Waals surface area contributed by atoms with E-state index >= 15 is 0 Å². The summed E-state index contributed by atoms with van der Waals surface area (Å²) < 4.78 is 112. The third kappa shape index (κ3) is 9.52. The van der Waals surface area contributed by atoms with Crippen LogP contribution in [-0.4, -0.2) is 47.5 Å². The van der Waals surface area contributed by atoms with Gasteiger partial charge < -0.3 is 14.6 Å². The van der Waals surface area contributed by atoms with Crippen LogP contribution in [0.3, 0.4) is 0 Å². The number of rotatable bonds is 12. The minimum absolute atomic E-state index is 0.112. The monoisotopic (exact) mass is 884 g/mol. The molecule has 3 fully saturated rings. The van der Waals surface area contributed by atoms with Crippen LogP contribution in [0, 0.1) is 0 Å². The van der Waals surface area contributed by atoms with Crippen molar-refractivity contribution < 1.29 is 69.0 Å². The summed E-state index contributed by atoms with van der Waals surface area (Å²) in [4.78, 5) is 0. The number of ether oxygens (including phenoxy) is 2. The lowest BCUT2D eigenvalue weighted by Gasteiger charge is -2.45. The van der Waals surface area contributed by atoms with Crippen molar-refractivity contribution in [2.24, 2.45) is 0 Å². The highest BCUT2D eigenvalue weighted by Crippen LogP contribution is 2.62. The van der Waals surface area contributed by atoms with E-state index in [0.717, 1.165) is 41.5 Å². The highest BCUT2D eigenvalue weighted by molar-refractivity contribution is 7.49. The van der Waals surface area contributed by atoms with Gasteiger partial charge in [-0.15, -0.1) is 0 Å². The molecule has 2 saturated carbocycles. The summed E-state index contributed by atoms with van der Waals surface area (Å²) in [7, 11) is -13.7. The zero-order valence-corrected chi connectivity index (χ0v) is 35.3. The van der Waals surface area contributed by atoms with Gasteiger partial charge in [0.15, 0.2) is 5.79 Å². The molecule has 0 aromatic heterocycles. The van der Waals surface area contributed by atoms with Gasteiger partial charge in [-0.05, 0) is 46.2 Å². The summed E-state index contributed by atoms with van der Waals surface area (Å²) in [6.07, 6.45) is -5.90. The lowest BCUT2D eigenvalue weighted by Crippen LogP contribution is -2.64. The molecule has 0 amide bonds. The summed E-state index contributed by atoms with van der Waals surface area (Å²) in [5.41, 5.74) is 4.30. The van der Waals surface area contributed by atoms with E-state index < -0.39 is 65.9 Å². The molecule has 0 unspecified atom stereocenters. The second-order valence-corrected chi connectivity index (χ2v) is 20.2. The molecule has 4 aromatic carbocycles. The number of aliphatic hydroxyl groups is 1. The highest BCUT2D eigenvalue weighted by atomic mass is 31.2. The van der Waals surface area contributed by atoms with Crippen molar-refractivity contribution in [2.75, 3.05) is 0 Å². The number of benzene rings is 4. The fourth-order valence-corrected chi connectivity index (χ4v) is 12.1. The normalized spacial score (nSPS) is 28.1. The zero-order chi connectivity index (χ0) is 41.2. The third-order valence-corrected chi connectivity index (χ3v) is 15.4. The quantitative estimate of drug-likeness (QED) is 0.133. The molecule has 3 heterocycles. The molecule has 1 saturated heterocycles. The molecule has 5 aliphatic rings. The van der Waals surface area contributed by atoms with Crippen molar-refractivity contribution in [1.82, 2.24) is 0 Å². The Morgan fingerprint density at radius 1 is 0.567 bits per heavy atom. The predicted octanol–water partition coefficient (Wildman–Crippen LogP) is 9.21. The predicted molar refractivity (Wildman–Crippen MR) is 214 cm³/mol. The molecular weight excluding hydrogens is 837 g/mol. The Labute approximate surface area is 348 Å². The molecule has 0 bridgehead atoms. The van der Waals surface area contributed by atoms with Crippen LogP contribution in [0.4, 0.5) is 0 Å². The van der Waals surface area contributed by atoms with Gasteiger partial charge in [-0.2, -0.15) is 0 Å². The van der Waals surface area contributed by atoms with Gasteiger partial charge in [0.25, 0.3) is 0 Å². The van der Waals surface area contributed by atoms with E-state index in [2.05, 4.69) is 0 Å². The lowest BCUT2D eigenvalue weighted by atomic mass is 9.85. The Hall–Kier alpha value is -2.91. The van der Waals surface area contributed by atoms with Crippen molar-refractivity contribution in [2.45, 2.75) is 114 Å². The van der Waals surface area contributed by atoms with Crippen molar-refractivity contribution >= 4 is 23.5 Å². The first-order valence-corrected chi connectivity index (χ1v) is 24.5. The van der Waals surface area contributed by atoms with E-state index in [1.807, 2.05) is 84.9 Å². The van der Waals surface area contributed by atoms with Crippen LogP contribution >= 0.6 is 23.5 Å². The Kier molecular flexibility index (Phi) is 12.8. The molecule has 6 atom stereocenters. The number of phosphoric acid groups is 3. The Morgan fingerprint density at radius 2 is 0.967 bits per heavy atom. The minimum atomic E-state index is -4.62. The van der Waals surface area contributed by atoms with Crippen molar-refractivity contribution in [1.29, 1.82) is 0 Å². The van der Waals surface area contributed by atoms with Crippen LogP contribution in [0.2, 0.25) is 0 Å². The first-order valence-electron chi connectivity index (χ1n) is 20.1. The van der Waals surface area contributed by atoms with E-state index in [4.69, 9.17) is 50.2 Å². The molecule has 18 heteroatoms. The van der Waals surface area contributed by atoms with Crippen LogP contribution in [0.15, 0.2) is 109 Å². The van der Waals surface area contributed by atoms with Crippen LogP contribution in [0.1, 0.15) is 65.5 Å². The van der Waals surface area contributed by atoms with Crippen LogP contribution < -0.4 is 0 Å². The van der Waals surface area contributed by atoms with Gasteiger partial charge in [-0.25, -0.2) is 13.7 Å². The maximum absolute atomic E-state index is 14.9. The first kappa shape index (κ1) is 42.4. The highest BCUT2D eigenvalue weighted by Gasteiger charge is 2.65. The van der Waals surface area contributed by atoms with Crippen molar-refractivity contribution in [3.05, 3.63) is 143 Å². The summed E-state index contributed by atoms with van der Waals surface area (Å²) in [6, 6.07) is 32.6. The maximum Gasteiger partial charge on any atom is 0.475 e. The number of hydrogen-bond donors (Lipinski definition) is 1. The summed E-state index contributed by atoms with van der Waals surface area (Å²) in [5, 5.41) is 12.6. The second-order valence-electron chi connectivity index (χ2n) is 15.3. The minimum Gasteiger partial charge on any atom is -0.387 e. The van der Waals surface area contributed by atoms with Gasteiger partial charge in [0, 0.05) is 12.8 Å². The average molecular weight is 885 g/mol. The smallest absolute Gasteiger partial charge is 0.387 e. The third-order valence-electron chi connectivity index (χ3n) is 11.3. The van der Waals surface area contributed by atoms with Crippen LogP contribution in [0.5, 0.6) is 0 Å². The summed E-state index contributed by atoms with van der Waals surface area (Å²) in [5.74, 6) is -1.19. The van der Waals surface area contributed by atoms with Crippen molar-refractivity contribution in [3.8, 4) is 0 Å². The Morgan fingerprint density at radius 3 is 1.42 bits per heavy atom. The molecule has 3 aliphatic heterocycles. The van der Waals surface area contributed by atoms with Gasteiger partial charge in [-0.3, -0.25) is 40.7 Å². The summed E-state index contributed by atoms with van der Waals surface area (Å²) in [6.45, 7) is -0.856. The van der Waals surface area contributed by atoms with Crippen LogP contribution in [-0.2, 0) is 104 Å². The van der Waals surface area contributed by atoms with E-state index in [9.17, 15) is 18.8 Å². The number of aliphatic hydroxyl groups excluding tert-OH is 1. The molecule has 9 rings (SSSR count). The van der Waals surface area contributed by atoms with E-state index in [1.54, 1.807) is 24.3 Å². The van der Waals surface area contributed by atoms with E-state index in [0.29, 0.717) is 24.0 Å². The van der Waals surface area contributed by atoms with Crippen LogP contribution in [0.25, 0.3) is 0 Å². The van der Waals surface area contributed by atoms with Gasteiger partial charge in [-0.1, -0.05) is 116 Å². The first-order chi connectivity index (χ1) is 29.1. The van der Waals surface area contributed by atoms with E-state index in [-0.39, 0.29) is 39.6 Å². The Balaban J connectivity index is 1.08. The fourth-order valence-electron chi connectivity index (χ4n) is 8.09. The van der Waals surface area contributed by atoms with E-state index in [1.165, 1.54) is 0 Å². The SMILES string of the molecule is O=P1(O[C@@H]2[C@H]3OC4(CCCCC4)O[C@H]3[C@@H](OP(=O)(OCc3ccccc3)OCc3ccccc3)[C@H](O)[C@H]2OP2(=O)OCc3ccccc3CO2)OCc2ccccc2CO1. The standard InChI is InChI=1S/C42H47O15P3/c43-36-37(55-58(44,47-24-30-14-4-1-5-15-30)48-25-31-16-6-2-7-17-31)39-40(54-42(53-39)22-12-3-13-23-42)41(57-60(46)51-28-34-20-10-11-21-35(34)29-52-60)38(36)56-59(45)49-26-32-18-8-9-19-33(32)27-50-59/h1-2,4-11,14-21,36-41,43H,3,12-13,22-29H2/t36-,37-,38+,39-,40-,41-/m0/s1. The number of fused-ring (bicyclic) bond motifs is 3. The number of hydrogen-bond acceptors (Lipinski definition) is 15. The molecule has 0 radical (unpaired) electrons. The second kappa shape index (κ2) is 18.1. The molecule has 2 aliphatic carbocycles. The van der Waals surface area contributed by atoms with Gasteiger partial charge in [0.2, 0.25) is 0 Å². The molecule has 60 heavy (non-hydrogen) atoms. The molecule has 1 N–H and O–H groups in total. The van der Waals surface area contributed by atoms with Crippen molar-refractivity contribution in [3.63, 3.8) is 0 Å². The zero-order valence-electron chi connectivity index (χ0n) is 32.6. The van der Waals surface area contributed by atoms with Gasteiger partial charge in [0.05, 0.1) is 39.6 Å². The molecule has 4 aromatic rings. The Bertz CT molecular complexity index is 2130. The van der Waals surface area contributed by atoms with Gasteiger partial charge in [0.1, 0.15) is 36.6 Å². The molecule has 1 spiro atoms. The topological polar surface area (TPSA) is 173 Å².